The van der Waals surface area contributed by atoms with Crippen LogP contribution in [0.15, 0.2) is 24.3 Å². The fourth-order valence-electron chi connectivity index (χ4n) is 3.76. The number of piperidine rings is 1. The van der Waals surface area contributed by atoms with Crippen LogP contribution in [0, 0.1) is 10.1 Å². The highest BCUT2D eigenvalue weighted by Gasteiger charge is 2.44. The van der Waals surface area contributed by atoms with Crippen molar-refractivity contribution in [3.8, 4) is 0 Å². The molecule has 25 heavy (non-hydrogen) atoms. The van der Waals surface area contributed by atoms with Gasteiger partial charge in [-0.2, -0.15) is 0 Å². The van der Waals surface area contributed by atoms with Crippen molar-refractivity contribution in [1.29, 1.82) is 0 Å². The van der Waals surface area contributed by atoms with Crippen LogP contribution in [0.2, 0.25) is 0 Å². The number of nitro groups is 1. The number of amides is 2. The number of likely N-dealkylation sites (tertiary alicyclic amines) is 1. The Morgan fingerprint density at radius 2 is 1.92 bits per heavy atom. The monoisotopic (exact) mass is 347 g/mol. The Bertz CT molecular complexity index is 673. The lowest BCUT2D eigenvalue weighted by atomic mass is 9.97. The second kappa shape index (κ2) is 7.28. The van der Waals surface area contributed by atoms with E-state index >= 15 is 0 Å². The van der Waals surface area contributed by atoms with Gasteiger partial charge in [-0.15, -0.1) is 0 Å². The third-order valence-electron chi connectivity index (χ3n) is 4.98. The number of nitro benzene ring substituents is 1. The summed E-state index contributed by atoms with van der Waals surface area (Å²) in [6.45, 7) is 0.796. The van der Waals surface area contributed by atoms with Crippen LogP contribution in [0.1, 0.15) is 32.1 Å². The van der Waals surface area contributed by atoms with Gasteiger partial charge in [0.15, 0.2) is 0 Å². The highest BCUT2D eigenvalue weighted by atomic mass is 16.6. The van der Waals surface area contributed by atoms with E-state index in [0.29, 0.717) is 12.1 Å². The SMILES string of the molecule is O=C1C[C@H](N2CCCC[C@@H]2CCO)C(=O)N1c1ccc([N+](=O)[O-])cc1. The van der Waals surface area contributed by atoms with Crippen LogP contribution in [0.5, 0.6) is 0 Å². The van der Waals surface area contributed by atoms with Crippen molar-refractivity contribution in [2.45, 2.75) is 44.2 Å². The van der Waals surface area contributed by atoms with Crippen molar-refractivity contribution in [1.82, 2.24) is 4.90 Å². The van der Waals surface area contributed by atoms with Gasteiger partial charge in [-0.1, -0.05) is 6.42 Å². The maximum atomic E-state index is 12.9. The van der Waals surface area contributed by atoms with Crippen molar-refractivity contribution < 1.29 is 19.6 Å². The van der Waals surface area contributed by atoms with Gasteiger partial charge in [0.05, 0.1) is 23.1 Å². The van der Waals surface area contributed by atoms with E-state index in [-0.39, 0.29) is 36.6 Å². The normalized spacial score (nSPS) is 24.8. The molecule has 2 atom stereocenters. The summed E-state index contributed by atoms with van der Waals surface area (Å²) < 4.78 is 0. The summed E-state index contributed by atoms with van der Waals surface area (Å²) in [7, 11) is 0. The Kier molecular flexibility index (Phi) is 5.10. The molecule has 0 radical (unpaired) electrons. The summed E-state index contributed by atoms with van der Waals surface area (Å²) in [4.78, 5) is 38.7. The lowest BCUT2D eigenvalue weighted by Crippen LogP contribution is -2.50. The molecule has 8 heteroatoms. The van der Waals surface area contributed by atoms with Gasteiger partial charge < -0.3 is 5.11 Å². The van der Waals surface area contributed by atoms with Crippen LogP contribution < -0.4 is 4.90 Å². The highest BCUT2D eigenvalue weighted by Crippen LogP contribution is 2.31. The van der Waals surface area contributed by atoms with E-state index in [1.54, 1.807) is 0 Å². The van der Waals surface area contributed by atoms with E-state index in [9.17, 15) is 24.8 Å². The Morgan fingerprint density at radius 3 is 2.56 bits per heavy atom. The Hall–Kier alpha value is -2.32. The quantitative estimate of drug-likeness (QED) is 0.491. The molecule has 2 fully saturated rings. The minimum atomic E-state index is -0.520. The largest absolute Gasteiger partial charge is 0.396 e. The number of aliphatic hydroxyl groups is 1. The minimum absolute atomic E-state index is 0.0576. The molecular formula is C17H21N3O5. The smallest absolute Gasteiger partial charge is 0.269 e. The molecule has 0 saturated carbocycles. The number of anilines is 1. The molecule has 0 spiro atoms. The van der Waals surface area contributed by atoms with Gasteiger partial charge in [-0.3, -0.25) is 24.6 Å². The molecule has 0 bridgehead atoms. The number of benzene rings is 1. The molecule has 0 aliphatic carbocycles. The number of rotatable bonds is 5. The van der Waals surface area contributed by atoms with Crippen molar-refractivity contribution in [3.05, 3.63) is 34.4 Å². The first-order valence-corrected chi connectivity index (χ1v) is 8.51. The summed E-state index contributed by atoms with van der Waals surface area (Å²) in [6.07, 6.45) is 3.64. The summed E-state index contributed by atoms with van der Waals surface area (Å²) >= 11 is 0. The molecule has 2 aliphatic rings. The molecule has 0 unspecified atom stereocenters. The topological polar surface area (TPSA) is 104 Å². The Balaban J connectivity index is 1.80. The molecule has 2 heterocycles. The Morgan fingerprint density at radius 1 is 1.20 bits per heavy atom. The molecule has 8 nitrogen and oxygen atoms in total. The van der Waals surface area contributed by atoms with Crippen LogP contribution in [0.25, 0.3) is 0 Å². The first-order chi connectivity index (χ1) is 12.0. The van der Waals surface area contributed by atoms with E-state index < -0.39 is 11.0 Å². The van der Waals surface area contributed by atoms with Crippen LogP contribution in [0.3, 0.4) is 0 Å². The number of carbonyl (C=O) groups excluding carboxylic acids is 2. The average molecular weight is 347 g/mol. The second-order valence-corrected chi connectivity index (χ2v) is 6.46. The van der Waals surface area contributed by atoms with Gasteiger partial charge in [-0.25, -0.2) is 4.90 Å². The summed E-state index contributed by atoms with van der Waals surface area (Å²) in [5.74, 6) is -0.583. The van der Waals surface area contributed by atoms with Gasteiger partial charge in [-0.05, 0) is 37.9 Å². The predicted molar refractivity (Wildman–Crippen MR) is 90.0 cm³/mol. The lowest BCUT2D eigenvalue weighted by molar-refractivity contribution is -0.384. The average Bonchev–Trinajstić information content (AvgIpc) is 2.90. The van der Waals surface area contributed by atoms with Crippen molar-refractivity contribution in [2.75, 3.05) is 18.1 Å². The maximum Gasteiger partial charge on any atom is 0.269 e. The molecular weight excluding hydrogens is 326 g/mol. The van der Waals surface area contributed by atoms with Gasteiger partial charge in [0.2, 0.25) is 5.91 Å². The number of aliphatic hydroxyl groups excluding tert-OH is 1. The first kappa shape index (κ1) is 17.5. The van der Waals surface area contributed by atoms with Crippen molar-refractivity contribution in [3.63, 3.8) is 0 Å². The number of nitrogens with zero attached hydrogens (tertiary/aromatic N) is 3. The van der Waals surface area contributed by atoms with Gasteiger partial charge in [0.1, 0.15) is 0 Å². The molecule has 2 aliphatic heterocycles. The molecule has 0 aromatic heterocycles. The number of non-ortho nitro benzene ring substituents is 1. The summed E-state index contributed by atoms with van der Waals surface area (Å²) in [5, 5.41) is 20.0. The zero-order valence-corrected chi connectivity index (χ0v) is 13.8. The fraction of sp³-hybridized carbons (Fsp3) is 0.529. The highest BCUT2D eigenvalue weighted by molar-refractivity contribution is 6.22. The van der Waals surface area contributed by atoms with Crippen LogP contribution >= 0.6 is 0 Å². The summed E-state index contributed by atoms with van der Waals surface area (Å²) in [5.41, 5.74) is 0.275. The van der Waals surface area contributed by atoms with Crippen LogP contribution in [-0.2, 0) is 9.59 Å². The molecule has 2 amide bonds. The zero-order valence-electron chi connectivity index (χ0n) is 13.8. The molecule has 1 aromatic carbocycles. The maximum absolute atomic E-state index is 12.9. The molecule has 1 aromatic rings. The van der Waals surface area contributed by atoms with Gasteiger partial charge >= 0.3 is 0 Å². The van der Waals surface area contributed by atoms with Gasteiger partial charge in [0.25, 0.3) is 11.6 Å². The summed E-state index contributed by atoms with van der Waals surface area (Å²) in [6, 6.07) is 5.03. The third kappa shape index (κ3) is 3.40. The zero-order chi connectivity index (χ0) is 18.0. The minimum Gasteiger partial charge on any atom is -0.396 e. The van der Waals surface area contributed by atoms with Gasteiger partial charge in [0, 0.05) is 24.8 Å². The molecule has 2 saturated heterocycles. The fourth-order valence-corrected chi connectivity index (χ4v) is 3.76. The molecule has 1 N–H and O–H groups in total. The standard InChI is InChI=1S/C17H21N3O5/c21-10-8-12-3-1-2-9-18(12)15-11-16(22)19(17(15)23)13-4-6-14(7-5-13)20(24)25/h4-7,12,15,21H,1-3,8-11H2/t12-,15+/m1/s1. The third-order valence-corrected chi connectivity index (χ3v) is 4.98. The van der Waals surface area contributed by atoms with Crippen molar-refractivity contribution >= 4 is 23.2 Å². The van der Waals surface area contributed by atoms with E-state index in [1.807, 2.05) is 4.90 Å². The van der Waals surface area contributed by atoms with E-state index in [0.717, 1.165) is 30.7 Å². The Labute approximate surface area is 145 Å². The van der Waals surface area contributed by atoms with Crippen LogP contribution in [0.4, 0.5) is 11.4 Å². The predicted octanol–water partition coefficient (Wildman–Crippen LogP) is 1.46. The first-order valence-electron chi connectivity index (χ1n) is 8.51. The second-order valence-electron chi connectivity index (χ2n) is 6.46. The van der Waals surface area contributed by atoms with E-state index in [4.69, 9.17) is 0 Å². The van der Waals surface area contributed by atoms with E-state index in [1.165, 1.54) is 24.3 Å². The number of hydrogen-bond acceptors (Lipinski definition) is 6. The molecule has 134 valence electrons. The van der Waals surface area contributed by atoms with Crippen molar-refractivity contribution in [2.24, 2.45) is 0 Å². The molecule has 3 rings (SSSR count). The number of carbonyl (C=O) groups is 2. The van der Waals surface area contributed by atoms with Crippen LogP contribution in [-0.4, -0.2) is 52.0 Å². The number of imide groups is 1. The lowest BCUT2D eigenvalue weighted by Gasteiger charge is -2.38. The van der Waals surface area contributed by atoms with E-state index in [2.05, 4.69) is 0 Å². The number of hydrogen-bond donors (Lipinski definition) is 1.